The highest BCUT2D eigenvalue weighted by atomic mass is 16.5. The van der Waals surface area contributed by atoms with Gasteiger partial charge in [-0.15, -0.1) is 0 Å². The molecule has 0 bridgehead atoms. The maximum absolute atomic E-state index is 11.9. The van der Waals surface area contributed by atoms with Crippen LogP contribution in [0.25, 0.3) is 0 Å². The number of nitrogens with two attached hydrogens (primary N) is 1. The lowest BCUT2D eigenvalue weighted by Gasteiger charge is -2.22. The molecule has 0 saturated heterocycles. The van der Waals surface area contributed by atoms with Gasteiger partial charge < -0.3 is 10.5 Å². The molecule has 0 heterocycles. The molecule has 17 heavy (non-hydrogen) atoms. The quantitative estimate of drug-likeness (QED) is 0.610. The average Bonchev–Trinajstić information content (AvgIpc) is 2.40. The van der Waals surface area contributed by atoms with Gasteiger partial charge in [-0.2, -0.15) is 0 Å². The molecule has 0 aliphatic heterocycles. The van der Waals surface area contributed by atoms with E-state index < -0.39 is 0 Å². The molecule has 1 rings (SSSR count). The van der Waals surface area contributed by atoms with Crippen molar-refractivity contribution in [2.75, 3.05) is 6.61 Å². The molecule has 0 aromatic rings. The van der Waals surface area contributed by atoms with Gasteiger partial charge in [0.25, 0.3) is 0 Å². The number of esters is 1. The minimum absolute atomic E-state index is 0.000336. The van der Waals surface area contributed by atoms with Crippen molar-refractivity contribution in [3.05, 3.63) is 0 Å². The second kappa shape index (κ2) is 6.39. The Morgan fingerprint density at radius 3 is 2.53 bits per heavy atom. The fourth-order valence-corrected chi connectivity index (χ4v) is 2.19. The van der Waals surface area contributed by atoms with Crippen LogP contribution in [0.5, 0.6) is 0 Å². The number of rotatable bonds is 3. The van der Waals surface area contributed by atoms with Crippen molar-refractivity contribution in [3.8, 4) is 0 Å². The van der Waals surface area contributed by atoms with E-state index >= 15 is 0 Å². The average molecular weight is 241 g/mol. The molecule has 1 aliphatic rings. The molecule has 2 atom stereocenters. The van der Waals surface area contributed by atoms with Crippen molar-refractivity contribution in [1.82, 2.24) is 0 Å². The van der Waals surface area contributed by atoms with E-state index in [9.17, 15) is 4.79 Å². The zero-order valence-electron chi connectivity index (χ0n) is 11.5. The van der Waals surface area contributed by atoms with Crippen LogP contribution in [0.3, 0.4) is 0 Å². The zero-order valence-corrected chi connectivity index (χ0v) is 11.5. The first-order valence-corrected chi connectivity index (χ1v) is 6.82. The van der Waals surface area contributed by atoms with Crippen LogP contribution in [0.2, 0.25) is 0 Å². The third-order valence-corrected chi connectivity index (χ3v) is 3.47. The Hall–Kier alpha value is -0.570. The highest BCUT2D eigenvalue weighted by molar-refractivity contribution is 5.73. The van der Waals surface area contributed by atoms with Crippen LogP contribution < -0.4 is 5.73 Å². The van der Waals surface area contributed by atoms with Crippen LogP contribution in [0.15, 0.2) is 0 Å². The topological polar surface area (TPSA) is 52.3 Å². The molecule has 0 aromatic carbocycles. The molecule has 0 spiro atoms. The molecule has 1 aliphatic carbocycles. The Bertz CT molecular complexity index is 245. The number of hydrogen-bond donors (Lipinski definition) is 1. The standard InChI is InChI=1S/C14H27NO2/c1-14(2,3)9-10-17-13(16)11-7-5-4-6-8-12(11)15/h11-12H,4-10,15H2,1-3H3. The number of ether oxygens (including phenoxy) is 1. The highest BCUT2D eigenvalue weighted by Gasteiger charge is 2.28. The summed E-state index contributed by atoms with van der Waals surface area (Å²) >= 11 is 0. The van der Waals surface area contributed by atoms with Crippen molar-refractivity contribution in [1.29, 1.82) is 0 Å². The van der Waals surface area contributed by atoms with Crippen molar-refractivity contribution in [2.45, 2.75) is 65.3 Å². The smallest absolute Gasteiger partial charge is 0.310 e. The monoisotopic (exact) mass is 241 g/mol. The van der Waals surface area contributed by atoms with Crippen LogP contribution in [-0.4, -0.2) is 18.6 Å². The first kappa shape index (κ1) is 14.5. The summed E-state index contributed by atoms with van der Waals surface area (Å²) in [5, 5.41) is 0. The predicted octanol–water partition coefficient (Wildman–Crippen LogP) is 2.87. The molecular formula is C14H27NO2. The second-order valence-corrected chi connectivity index (χ2v) is 6.39. The molecule has 2 unspecified atom stereocenters. The summed E-state index contributed by atoms with van der Waals surface area (Å²) < 4.78 is 5.36. The van der Waals surface area contributed by atoms with E-state index in [1.54, 1.807) is 0 Å². The van der Waals surface area contributed by atoms with E-state index in [1.807, 2.05) is 0 Å². The van der Waals surface area contributed by atoms with E-state index in [0.29, 0.717) is 6.61 Å². The lowest BCUT2D eigenvalue weighted by molar-refractivity contribution is -0.150. The highest BCUT2D eigenvalue weighted by Crippen LogP contribution is 2.24. The Morgan fingerprint density at radius 1 is 1.24 bits per heavy atom. The molecule has 2 N–H and O–H groups in total. The molecule has 3 heteroatoms. The number of carbonyl (C=O) groups excluding carboxylic acids is 1. The first-order valence-electron chi connectivity index (χ1n) is 6.82. The number of carbonyl (C=O) groups is 1. The van der Waals surface area contributed by atoms with E-state index in [2.05, 4.69) is 20.8 Å². The molecule has 100 valence electrons. The van der Waals surface area contributed by atoms with Crippen LogP contribution in [-0.2, 0) is 9.53 Å². The van der Waals surface area contributed by atoms with Gasteiger partial charge in [0.2, 0.25) is 0 Å². The van der Waals surface area contributed by atoms with E-state index in [4.69, 9.17) is 10.5 Å². The number of hydrogen-bond acceptors (Lipinski definition) is 3. The van der Waals surface area contributed by atoms with Crippen molar-refractivity contribution in [2.24, 2.45) is 17.1 Å². The Labute approximate surface area is 105 Å². The van der Waals surface area contributed by atoms with Gasteiger partial charge in [0.05, 0.1) is 12.5 Å². The molecule has 0 aromatic heterocycles. The van der Waals surface area contributed by atoms with Gasteiger partial charge in [0, 0.05) is 6.04 Å². The Balaban J connectivity index is 2.35. The summed E-state index contributed by atoms with van der Waals surface area (Å²) in [5.41, 5.74) is 6.25. The van der Waals surface area contributed by atoms with Gasteiger partial charge in [-0.05, 0) is 24.7 Å². The summed E-state index contributed by atoms with van der Waals surface area (Å²) in [5.74, 6) is -0.152. The normalized spacial score (nSPS) is 26.4. The molecule has 1 saturated carbocycles. The van der Waals surface area contributed by atoms with Gasteiger partial charge >= 0.3 is 5.97 Å². The van der Waals surface area contributed by atoms with Crippen LogP contribution >= 0.6 is 0 Å². The first-order chi connectivity index (χ1) is 7.90. The summed E-state index contributed by atoms with van der Waals surface area (Å²) in [7, 11) is 0. The lowest BCUT2D eigenvalue weighted by atomic mass is 9.93. The second-order valence-electron chi connectivity index (χ2n) is 6.39. The van der Waals surface area contributed by atoms with Gasteiger partial charge in [0.1, 0.15) is 0 Å². The van der Waals surface area contributed by atoms with E-state index in [1.165, 1.54) is 6.42 Å². The van der Waals surface area contributed by atoms with Crippen LogP contribution in [0, 0.1) is 11.3 Å². The van der Waals surface area contributed by atoms with Crippen molar-refractivity contribution < 1.29 is 9.53 Å². The molecule has 3 nitrogen and oxygen atoms in total. The van der Waals surface area contributed by atoms with Gasteiger partial charge in [-0.25, -0.2) is 0 Å². The maximum Gasteiger partial charge on any atom is 0.310 e. The molecule has 0 radical (unpaired) electrons. The van der Waals surface area contributed by atoms with Crippen LogP contribution in [0.1, 0.15) is 59.3 Å². The third kappa shape index (κ3) is 5.53. The molecule has 0 amide bonds. The minimum atomic E-state index is -0.0800. The zero-order chi connectivity index (χ0) is 12.9. The maximum atomic E-state index is 11.9. The van der Waals surface area contributed by atoms with E-state index in [0.717, 1.165) is 32.1 Å². The summed E-state index contributed by atoms with van der Waals surface area (Å²) in [4.78, 5) is 11.9. The van der Waals surface area contributed by atoms with Crippen molar-refractivity contribution >= 4 is 5.97 Å². The fraction of sp³-hybridized carbons (Fsp3) is 0.929. The summed E-state index contributed by atoms with van der Waals surface area (Å²) in [6.07, 6.45) is 6.20. The largest absolute Gasteiger partial charge is 0.465 e. The SMILES string of the molecule is CC(C)(C)CCOC(=O)C1CCCCCC1N. The van der Waals surface area contributed by atoms with Gasteiger partial charge in [0.15, 0.2) is 0 Å². The summed E-state index contributed by atoms with van der Waals surface area (Å²) in [6, 6.07) is -0.000336. The third-order valence-electron chi connectivity index (χ3n) is 3.47. The molecular weight excluding hydrogens is 214 g/mol. The van der Waals surface area contributed by atoms with E-state index in [-0.39, 0.29) is 23.3 Å². The summed E-state index contributed by atoms with van der Waals surface area (Å²) in [6.45, 7) is 6.97. The minimum Gasteiger partial charge on any atom is -0.465 e. The Kier molecular flexibility index (Phi) is 5.44. The predicted molar refractivity (Wildman–Crippen MR) is 69.6 cm³/mol. The van der Waals surface area contributed by atoms with Gasteiger partial charge in [-0.3, -0.25) is 4.79 Å². The van der Waals surface area contributed by atoms with Gasteiger partial charge in [-0.1, -0.05) is 40.0 Å². The van der Waals surface area contributed by atoms with Crippen molar-refractivity contribution in [3.63, 3.8) is 0 Å². The van der Waals surface area contributed by atoms with Crippen LogP contribution in [0.4, 0.5) is 0 Å². The fourth-order valence-electron chi connectivity index (χ4n) is 2.19. The lowest BCUT2D eigenvalue weighted by Crippen LogP contribution is -2.36. The Morgan fingerprint density at radius 2 is 1.88 bits per heavy atom. The molecule has 1 fully saturated rings.